The Morgan fingerprint density at radius 2 is 1.62 bits per heavy atom. The Hall–Kier alpha value is -3.35. The van der Waals surface area contributed by atoms with Crippen LogP contribution in [0.15, 0.2) is 63.9 Å². The van der Waals surface area contributed by atoms with Crippen molar-refractivity contribution in [3.05, 3.63) is 70.1 Å². The molecule has 0 amide bonds. The highest BCUT2D eigenvalue weighted by Gasteiger charge is 2.37. The van der Waals surface area contributed by atoms with E-state index in [9.17, 15) is 18.9 Å². The zero-order chi connectivity index (χ0) is 18.9. The summed E-state index contributed by atoms with van der Waals surface area (Å²) < 4.78 is 26.0. The highest BCUT2D eigenvalue weighted by atomic mass is 32.2. The van der Waals surface area contributed by atoms with E-state index >= 15 is 0 Å². The maximum atomic E-state index is 13.0. The second-order valence-electron chi connectivity index (χ2n) is 5.97. The van der Waals surface area contributed by atoms with Gasteiger partial charge in [-0.2, -0.15) is 10.5 Å². The molecule has 6 heteroatoms. The lowest BCUT2D eigenvalue weighted by molar-refractivity contribution is 0.604. The lowest BCUT2D eigenvalue weighted by Crippen LogP contribution is -2.08. The van der Waals surface area contributed by atoms with Crippen LogP contribution < -0.4 is 4.90 Å². The first kappa shape index (κ1) is 17.5. The van der Waals surface area contributed by atoms with Crippen molar-refractivity contribution >= 4 is 27.2 Å². The van der Waals surface area contributed by atoms with E-state index in [0.29, 0.717) is 11.1 Å². The molecule has 0 radical (unpaired) electrons. The van der Waals surface area contributed by atoms with Gasteiger partial charge in [-0.15, -0.1) is 0 Å². The van der Waals surface area contributed by atoms with Crippen LogP contribution in [0, 0.1) is 22.7 Å². The third-order valence-electron chi connectivity index (χ3n) is 4.16. The summed E-state index contributed by atoms with van der Waals surface area (Å²) in [6.45, 7) is 0. The maximum absolute atomic E-state index is 13.0. The first-order valence-corrected chi connectivity index (χ1v) is 9.27. The smallest absolute Gasteiger partial charge is 0.207 e. The normalized spacial score (nSPS) is 15.8. The van der Waals surface area contributed by atoms with Gasteiger partial charge >= 0.3 is 0 Å². The molecule has 1 aliphatic rings. The Bertz CT molecular complexity index is 1110. The molecule has 0 atom stereocenters. The second kappa shape index (κ2) is 6.51. The SMILES string of the molecule is CN(C)c1ccc(/C=C2/C(=C(C#N)C#N)c3ccccc3S2(=O)=O)cc1. The van der Waals surface area contributed by atoms with Crippen LogP contribution in [0.3, 0.4) is 0 Å². The zero-order valence-corrected chi connectivity index (χ0v) is 15.1. The largest absolute Gasteiger partial charge is 0.378 e. The van der Waals surface area contributed by atoms with Crippen LogP contribution in [-0.2, 0) is 9.84 Å². The number of rotatable bonds is 2. The summed E-state index contributed by atoms with van der Waals surface area (Å²) >= 11 is 0. The van der Waals surface area contributed by atoms with Gasteiger partial charge in [-0.3, -0.25) is 0 Å². The average Bonchev–Trinajstić information content (AvgIpc) is 2.85. The molecule has 2 aromatic carbocycles. The molecule has 0 aromatic heterocycles. The van der Waals surface area contributed by atoms with E-state index in [4.69, 9.17) is 0 Å². The fourth-order valence-electron chi connectivity index (χ4n) is 2.86. The molecule has 0 aliphatic carbocycles. The standard InChI is InChI=1S/C20H15N3O2S/c1-23(2)16-9-7-14(8-10-16)11-19-20(15(12-21)13-22)17-5-3-4-6-18(17)26(19,24)25/h3-11H,1-2H3/b19-11-. The van der Waals surface area contributed by atoms with Gasteiger partial charge in [0.05, 0.1) is 9.80 Å². The first-order valence-electron chi connectivity index (χ1n) is 7.78. The molecule has 0 saturated heterocycles. The number of sulfone groups is 1. The number of hydrogen-bond donors (Lipinski definition) is 0. The number of benzene rings is 2. The van der Waals surface area contributed by atoms with E-state index in [2.05, 4.69) is 0 Å². The summed E-state index contributed by atoms with van der Waals surface area (Å²) in [5, 5.41) is 18.6. The lowest BCUT2D eigenvalue weighted by Gasteiger charge is -2.12. The predicted molar refractivity (Wildman–Crippen MR) is 101 cm³/mol. The van der Waals surface area contributed by atoms with Crippen molar-refractivity contribution in [1.82, 2.24) is 0 Å². The Morgan fingerprint density at radius 3 is 2.19 bits per heavy atom. The van der Waals surface area contributed by atoms with Crippen LogP contribution in [0.1, 0.15) is 11.1 Å². The van der Waals surface area contributed by atoms with Gasteiger partial charge in [-0.25, -0.2) is 8.42 Å². The molecule has 1 aliphatic heterocycles. The molecule has 0 unspecified atom stereocenters. The Morgan fingerprint density at radius 1 is 1.00 bits per heavy atom. The van der Waals surface area contributed by atoms with Gasteiger partial charge in [0.25, 0.3) is 0 Å². The minimum absolute atomic E-state index is 0.0191. The van der Waals surface area contributed by atoms with Crippen LogP contribution in [0.25, 0.3) is 11.6 Å². The zero-order valence-electron chi connectivity index (χ0n) is 14.3. The minimum Gasteiger partial charge on any atom is -0.378 e. The van der Waals surface area contributed by atoms with Crippen LogP contribution in [0.2, 0.25) is 0 Å². The molecule has 0 spiro atoms. The molecule has 0 bridgehead atoms. The van der Waals surface area contributed by atoms with Crippen molar-refractivity contribution in [3.8, 4) is 12.1 Å². The number of hydrogen-bond acceptors (Lipinski definition) is 5. The van der Waals surface area contributed by atoms with E-state index in [1.165, 1.54) is 12.1 Å². The number of anilines is 1. The van der Waals surface area contributed by atoms with Crippen molar-refractivity contribution in [3.63, 3.8) is 0 Å². The highest BCUT2D eigenvalue weighted by Crippen LogP contribution is 2.45. The van der Waals surface area contributed by atoms with Crippen molar-refractivity contribution in [1.29, 1.82) is 10.5 Å². The van der Waals surface area contributed by atoms with E-state index < -0.39 is 9.84 Å². The molecule has 1 heterocycles. The van der Waals surface area contributed by atoms with E-state index in [1.807, 2.05) is 43.3 Å². The number of allylic oxidation sites excluding steroid dienone is 2. The second-order valence-corrected chi connectivity index (χ2v) is 7.85. The molecule has 0 saturated carbocycles. The van der Waals surface area contributed by atoms with Crippen LogP contribution in [-0.4, -0.2) is 22.5 Å². The summed E-state index contributed by atoms with van der Waals surface area (Å²) in [6.07, 6.45) is 1.51. The van der Waals surface area contributed by atoms with Crippen LogP contribution >= 0.6 is 0 Å². The molecule has 3 rings (SSSR count). The fraction of sp³-hybridized carbons (Fsp3) is 0.100. The van der Waals surface area contributed by atoms with Crippen molar-refractivity contribution in [2.45, 2.75) is 4.90 Å². The molecular formula is C20H15N3O2S. The third kappa shape index (κ3) is 2.77. The van der Waals surface area contributed by atoms with Crippen molar-refractivity contribution in [2.24, 2.45) is 0 Å². The van der Waals surface area contributed by atoms with Gasteiger partial charge in [0, 0.05) is 30.9 Å². The summed E-state index contributed by atoms with van der Waals surface area (Å²) in [6, 6.07) is 17.4. The van der Waals surface area contributed by atoms with Gasteiger partial charge in [-0.1, -0.05) is 30.3 Å². The van der Waals surface area contributed by atoms with Crippen molar-refractivity contribution in [2.75, 3.05) is 19.0 Å². The van der Waals surface area contributed by atoms with Crippen molar-refractivity contribution < 1.29 is 8.42 Å². The topological polar surface area (TPSA) is 85.0 Å². The van der Waals surface area contributed by atoms with Crippen LogP contribution in [0.5, 0.6) is 0 Å². The Balaban J connectivity index is 2.27. The minimum atomic E-state index is -3.79. The van der Waals surface area contributed by atoms with Gasteiger partial charge in [0.15, 0.2) is 0 Å². The molecule has 5 nitrogen and oxygen atoms in total. The van der Waals surface area contributed by atoms with E-state index in [1.54, 1.807) is 30.3 Å². The summed E-state index contributed by atoms with van der Waals surface area (Å²) in [7, 11) is 0.0355. The molecule has 0 N–H and O–H groups in total. The maximum Gasteiger partial charge on any atom is 0.207 e. The van der Waals surface area contributed by atoms with E-state index in [-0.39, 0.29) is 20.9 Å². The molecule has 0 fully saturated rings. The molecular weight excluding hydrogens is 346 g/mol. The van der Waals surface area contributed by atoms with Gasteiger partial charge in [0.1, 0.15) is 17.7 Å². The number of nitriles is 2. The summed E-state index contributed by atoms with van der Waals surface area (Å²) in [5.74, 6) is 0. The third-order valence-corrected chi connectivity index (χ3v) is 6.00. The quantitative estimate of drug-likeness (QED) is 0.766. The fourth-order valence-corrected chi connectivity index (χ4v) is 4.58. The molecule has 2 aromatic rings. The Labute approximate surface area is 152 Å². The number of fused-ring (bicyclic) bond motifs is 1. The molecule has 128 valence electrons. The Kier molecular flexibility index (Phi) is 4.38. The average molecular weight is 361 g/mol. The van der Waals surface area contributed by atoms with Crippen LogP contribution in [0.4, 0.5) is 5.69 Å². The predicted octanol–water partition coefficient (Wildman–Crippen LogP) is 3.38. The van der Waals surface area contributed by atoms with E-state index in [0.717, 1.165) is 5.69 Å². The van der Waals surface area contributed by atoms with Gasteiger partial charge < -0.3 is 4.90 Å². The highest BCUT2D eigenvalue weighted by molar-refractivity contribution is 7.96. The number of nitrogens with zero attached hydrogens (tertiary/aromatic N) is 3. The lowest BCUT2D eigenvalue weighted by atomic mass is 9.99. The van der Waals surface area contributed by atoms with Gasteiger partial charge in [0.2, 0.25) is 9.84 Å². The summed E-state index contributed by atoms with van der Waals surface area (Å²) in [4.78, 5) is 2.04. The molecule has 26 heavy (non-hydrogen) atoms. The summed E-state index contributed by atoms with van der Waals surface area (Å²) in [5.41, 5.74) is 2.00. The van der Waals surface area contributed by atoms with Gasteiger partial charge in [-0.05, 0) is 29.8 Å². The first-order chi connectivity index (χ1) is 12.4. The monoisotopic (exact) mass is 361 g/mol.